The van der Waals surface area contributed by atoms with Crippen molar-refractivity contribution in [3.63, 3.8) is 0 Å². The van der Waals surface area contributed by atoms with Crippen molar-refractivity contribution in [1.29, 1.82) is 5.26 Å². The lowest BCUT2D eigenvalue weighted by Gasteiger charge is -2.30. The number of non-ortho nitro benzene ring substituents is 1. The van der Waals surface area contributed by atoms with Crippen molar-refractivity contribution in [2.75, 3.05) is 23.0 Å². The summed E-state index contributed by atoms with van der Waals surface area (Å²) in [6, 6.07) is 21.8. The molecule has 1 aliphatic heterocycles. The van der Waals surface area contributed by atoms with E-state index in [2.05, 4.69) is 22.0 Å². The summed E-state index contributed by atoms with van der Waals surface area (Å²) in [6.45, 7) is 5.35. The number of amides is 2. The zero-order valence-electron chi connectivity index (χ0n) is 24.2. The Morgan fingerprint density at radius 2 is 1.75 bits per heavy atom. The Morgan fingerprint density at radius 3 is 2.36 bits per heavy atom. The number of allylic oxidation sites excluding steroid dienone is 2. The number of dihydropyridines is 1. The molecule has 44 heavy (non-hydrogen) atoms. The number of ether oxygens (including phenoxy) is 1. The largest absolute Gasteiger partial charge is 0.462 e. The number of hydrogen-bond donors (Lipinski definition) is 3. The van der Waals surface area contributed by atoms with Gasteiger partial charge in [0.2, 0.25) is 5.91 Å². The van der Waals surface area contributed by atoms with Gasteiger partial charge in [0.1, 0.15) is 0 Å². The van der Waals surface area contributed by atoms with Crippen molar-refractivity contribution >= 4 is 46.6 Å². The molecule has 3 aromatic rings. The van der Waals surface area contributed by atoms with Gasteiger partial charge in [-0.1, -0.05) is 42.1 Å². The van der Waals surface area contributed by atoms with Crippen LogP contribution in [0.25, 0.3) is 0 Å². The van der Waals surface area contributed by atoms with Crippen molar-refractivity contribution in [1.82, 2.24) is 5.32 Å². The number of hydrogen-bond acceptors (Lipinski definition) is 9. The fraction of sp³-hybridized carbons (Fsp3) is 0.188. The average molecular weight is 612 g/mol. The number of esters is 1. The van der Waals surface area contributed by atoms with Crippen LogP contribution >= 0.6 is 11.8 Å². The van der Waals surface area contributed by atoms with E-state index in [1.54, 1.807) is 45.0 Å². The van der Waals surface area contributed by atoms with Crippen LogP contribution in [0.2, 0.25) is 0 Å². The summed E-state index contributed by atoms with van der Waals surface area (Å²) in [7, 11) is 0. The van der Waals surface area contributed by atoms with Crippen LogP contribution in [-0.4, -0.2) is 35.1 Å². The van der Waals surface area contributed by atoms with Crippen molar-refractivity contribution in [2.45, 2.75) is 26.7 Å². The number of nitrogens with one attached hydrogen (secondary N) is 3. The number of nitrogens with zero attached hydrogens (tertiary/aromatic N) is 2. The minimum absolute atomic E-state index is 0.0624. The molecule has 0 saturated heterocycles. The normalized spacial score (nSPS) is 14.3. The van der Waals surface area contributed by atoms with Crippen LogP contribution in [0.3, 0.4) is 0 Å². The number of nitro benzene ring substituents is 1. The van der Waals surface area contributed by atoms with E-state index in [-0.39, 0.29) is 29.5 Å². The second-order valence-electron chi connectivity index (χ2n) is 9.71. The lowest BCUT2D eigenvalue weighted by molar-refractivity contribution is -0.384. The first-order valence-electron chi connectivity index (χ1n) is 13.6. The van der Waals surface area contributed by atoms with Crippen LogP contribution in [0.5, 0.6) is 0 Å². The quantitative estimate of drug-likeness (QED) is 0.146. The molecular formula is C32H29N5O6S. The second kappa shape index (κ2) is 14.2. The van der Waals surface area contributed by atoms with Crippen LogP contribution in [0, 0.1) is 28.4 Å². The van der Waals surface area contributed by atoms with Gasteiger partial charge in [0, 0.05) is 34.8 Å². The van der Waals surface area contributed by atoms with E-state index in [1.807, 2.05) is 30.3 Å². The fourth-order valence-electron chi connectivity index (χ4n) is 4.63. The summed E-state index contributed by atoms with van der Waals surface area (Å²) < 4.78 is 5.01. The van der Waals surface area contributed by atoms with E-state index in [0.29, 0.717) is 38.8 Å². The molecule has 0 fully saturated rings. The van der Waals surface area contributed by atoms with Gasteiger partial charge in [0.05, 0.1) is 45.4 Å². The third-order valence-electron chi connectivity index (χ3n) is 6.72. The standard InChI is InChI=1S/C32H29N5O6S/c1-4-43-32(40)22-10-12-23(13-11-22)35-30(39)28-20(3)34-31(25(17-33)29(28)21-8-6-5-7-9-21)44-18-27(38)36-26-15-14-24(37(41)42)16-19(26)2/h5-16,29,34H,4,18H2,1-3H3,(H,35,39)(H,36,38)/t29-/m0/s1. The van der Waals surface area contributed by atoms with Gasteiger partial charge in [-0.2, -0.15) is 5.26 Å². The summed E-state index contributed by atoms with van der Waals surface area (Å²) in [5.74, 6) is -2.05. The number of carbonyl (C=O) groups is 3. The minimum atomic E-state index is -0.719. The van der Waals surface area contributed by atoms with E-state index in [1.165, 1.54) is 18.2 Å². The highest BCUT2D eigenvalue weighted by Crippen LogP contribution is 2.41. The molecule has 4 rings (SSSR count). The second-order valence-corrected chi connectivity index (χ2v) is 10.7. The first-order chi connectivity index (χ1) is 21.1. The van der Waals surface area contributed by atoms with Crippen molar-refractivity contribution in [3.8, 4) is 6.07 Å². The summed E-state index contributed by atoms with van der Waals surface area (Å²) in [6.07, 6.45) is 0. The summed E-state index contributed by atoms with van der Waals surface area (Å²) in [5.41, 5.74) is 3.55. The molecule has 0 unspecified atom stereocenters. The van der Waals surface area contributed by atoms with Gasteiger partial charge < -0.3 is 20.7 Å². The Bertz CT molecular complexity index is 1710. The fourth-order valence-corrected chi connectivity index (χ4v) is 5.53. The van der Waals surface area contributed by atoms with E-state index in [9.17, 15) is 29.8 Å². The molecule has 1 heterocycles. The first-order valence-corrected chi connectivity index (χ1v) is 14.5. The lowest BCUT2D eigenvalue weighted by Crippen LogP contribution is -2.31. The molecule has 3 N–H and O–H groups in total. The SMILES string of the molecule is CCOC(=O)c1ccc(NC(=O)C2=C(C)NC(SCC(=O)Nc3ccc([N+](=O)[O-])cc3C)=C(C#N)[C@@H]2c2ccccc2)cc1. The van der Waals surface area contributed by atoms with Gasteiger partial charge in [0.15, 0.2) is 0 Å². The maximum atomic E-state index is 13.7. The van der Waals surface area contributed by atoms with Crippen LogP contribution in [-0.2, 0) is 14.3 Å². The Morgan fingerprint density at radius 1 is 1.05 bits per heavy atom. The molecule has 0 spiro atoms. The van der Waals surface area contributed by atoms with Crippen molar-refractivity contribution < 1.29 is 24.0 Å². The van der Waals surface area contributed by atoms with Crippen LogP contribution < -0.4 is 16.0 Å². The molecule has 1 aliphatic rings. The van der Waals surface area contributed by atoms with Gasteiger partial charge >= 0.3 is 5.97 Å². The molecule has 12 heteroatoms. The predicted octanol–water partition coefficient (Wildman–Crippen LogP) is 5.79. The van der Waals surface area contributed by atoms with Gasteiger partial charge in [-0.3, -0.25) is 19.7 Å². The zero-order chi connectivity index (χ0) is 31.8. The Balaban J connectivity index is 1.56. The van der Waals surface area contributed by atoms with E-state index in [4.69, 9.17) is 4.74 Å². The molecule has 224 valence electrons. The summed E-state index contributed by atoms with van der Waals surface area (Å²) in [4.78, 5) is 49.0. The molecule has 0 saturated carbocycles. The molecule has 0 bridgehead atoms. The lowest BCUT2D eigenvalue weighted by atomic mass is 9.82. The average Bonchev–Trinajstić information content (AvgIpc) is 3.01. The summed E-state index contributed by atoms with van der Waals surface area (Å²) in [5, 5.41) is 30.5. The molecular weight excluding hydrogens is 582 g/mol. The number of aryl methyl sites for hydroxylation is 1. The summed E-state index contributed by atoms with van der Waals surface area (Å²) >= 11 is 1.12. The zero-order valence-corrected chi connectivity index (χ0v) is 25.0. The molecule has 2 amide bonds. The van der Waals surface area contributed by atoms with Crippen LogP contribution in [0.4, 0.5) is 17.1 Å². The maximum Gasteiger partial charge on any atom is 0.338 e. The molecule has 0 radical (unpaired) electrons. The Hall–Kier alpha value is -5.41. The highest BCUT2D eigenvalue weighted by atomic mass is 32.2. The van der Waals surface area contributed by atoms with E-state index in [0.717, 1.165) is 17.3 Å². The van der Waals surface area contributed by atoms with Gasteiger partial charge in [-0.15, -0.1) is 0 Å². The number of thioether (sulfide) groups is 1. The van der Waals surface area contributed by atoms with Gasteiger partial charge in [-0.05, 0) is 62.2 Å². The van der Waals surface area contributed by atoms with Crippen molar-refractivity contribution in [3.05, 3.63) is 121 Å². The topological polar surface area (TPSA) is 163 Å². The highest BCUT2D eigenvalue weighted by Gasteiger charge is 2.35. The number of carbonyl (C=O) groups excluding carboxylic acids is 3. The third-order valence-corrected chi connectivity index (χ3v) is 7.74. The maximum absolute atomic E-state index is 13.7. The number of rotatable bonds is 10. The highest BCUT2D eigenvalue weighted by molar-refractivity contribution is 8.03. The first kappa shape index (κ1) is 31.5. The molecule has 11 nitrogen and oxygen atoms in total. The molecule has 0 aliphatic carbocycles. The monoisotopic (exact) mass is 611 g/mol. The molecule has 1 atom stereocenters. The third kappa shape index (κ3) is 7.32. The van der Waals surface area contributed by atoms with E-state index >= 15 is 0 Å². The number of nitro groups is 1. The van der Waals surface area contributed by atoms with Crippen molar-refractivity contribution in [2.24, 2.45) is 0 Å². The van der Waals surface area contributed by atoms with Gasteiger partial charge in [0.25, 0.3) is 11.6 Å². The minimum Gasteiger partial charge on any atom is -0.462 e. The smallest absolute Gasteiger partial charge is 0.338 e. The predicted molar refractivity (Wildman–Crippen MR) is 168 cm³/mol. The molecule has 0 aromatic heterocycles. The number of anilines is 2. The van der Waals surface area contributed by atoms with Crippen LogP contribution in [0.1, 0.15) is 41.3 Å². The number of benzene rings is 3. The van der Waals surface area contributed by atoms with Crippen LogP contribution in [0.15, 0.2) is 94.7 Å². The molecule has 3 aromatic carbocycles. The van der Waals surface area contributed by atoms with Gasteiger partial charge in [-0.25, -0.2) is 4.79 Å². The van der Waals surface area contributed by atoms with E-state index < -0.39 is 22.7 Å². The Labute approximate surface area is 258 Å². The number of nitriles is 1. The Kier molecular flexibility index (Phi) is 10.2.